The highest BCUT2D eigenvalue weighted by Crippen LogP contribution is 2.31. The molecule has 25 heavy (non-hydrogen) atoms. The maximum absolute atomic E-state index is 11.7. The number of carbonyl (C=O) groups excluding carboxylic acids is 1. The molecule has 0 saturated heterocycles. The summed E-state index contributed by atoms with van der Waals surface area (Å²) >= 11 is 0. The number of ether oxygens (including phenoxy) is 2. The molecule has 0 bridgehead atoms. The van der Waals surface area contributed by atoms with Gasteiger partial charge in [-0.25, -0.2) is 9.78 Å². The molecule has 0 aliphatic heterocycles. The number of nitrogens with zero attached hydrogens (tertiary/aromatic N) is 1. The number of nitrogens with one attached hydrogen (secondary N) is 1. The third-order valence-corrected chi connectivity index (χ3v) is 4.28. The van der Waals surface area contributed by atoms with Crippen molar-refractivity contribution in [3.05, 3.63) is 59.0 Å². The summed E-state index contributed by atoms with van der Waals surface area (Å²) in [7, 11) is 3.03. The first-order valence-electron chi connectivity index (χ1n) is 8.26. The highest BCUT2D eigenvalue weighted by atomic mass is 16.5. The summed E-state index contributed by atoms with van der Waals surface area (Å²) in [4.78, 5) is 19.7. The van der Waals surface area contributed by atoms with E-state index in [0.717, 1.165) is 22.3 Å². The number of H-pyrrole nitrogens is 1. The first-order chi connectivity index (χ1) is 12.0. The standard InChI is InChI=1S/C20H22N2O3/c1-12(2)19-16(15-9-8-14(24-3)11-18(15)22-19)10-13-6-5-7-17(21-13)20(23)25-4/h5-9,11-12,22H,10H2,1-4H3. The molecular formula is C20H22N2O3. The number of hydrogen-bond acceptors (Lipinski definition) is 4. The number of hydrogen-bond donors (Lipinski definition) is 1. The average Bonchev–Trinajstić information content (AvgIpc) is 2.99. The molecule has 0 radical (unpaired) electrons. The Morgan fingerprint density at radius 1 is 1.20 bits per heavy atom. The lowest BCUT2D eigenvalue weighted by Crippen LogP contribution is -2.06. The molecule has 0 amide bonds. The Hall–Kier alpha value is -2.82. The zero-order valence-electron chi connectivity index (χ0n) is 14.9. The monoisotopic (exact) mass is 338 g/mol. The third kappa shape index (κ3) is 3.36. The van der Waals surface area contributed by atoms with E-state index in [0.29, 0.717) is 18.0 Å². The van der Waals surface area contributed by atoms with E-state index in [2.05, 4.69) is 29.9 Å². The molecule has 2 aromatic heterocycles. The zero-order chi connectivity index (χ0) is 18.0. The van der Waals surface area contributed by atoms with Crippen LogP contribution >= 0.6 is 0 Å². The normalized spacial score (nSPS) is 11.1. The van der Waals surface area contributed by atoms with E-state index in [4.69, 9.17) is 9.47 Å². The van der Waals surface area contributed by atoms with Crippen molar-refractivity contribution in [3.8, 4) is 5.75 Å². The minimum atomic E-state index is -0.422. The van der Waals surface area contributed by atoms with Gasteiger partial charge in [0.1, 0.15) is 11.4 Å². The van der Waals surface area contributed by atoms with Gasteiger partial charge in [0.15, 0.2) is 0 Å². The van der Waals surface area contributed by atoms with Crippen LogP contribution in [-0.4, -0.2) is 30.2 Å². The summed E-state index contributed by atoms with van der Waals surface area (Å²) in [6.07, 6.45) is 0.644. The third-order valence-electron chi connectivity index (χ3n) is 4.28. The minimum Gasteiger partial charge on any atom is -0.497 e. The van der Waals surface area contributed by atoms with Gasteiger partial charge in [-0.05, 0) is 35.7 Å². The number of esters is 1. The molecule has 1 N–H and O–H groups in total. The van der Waals surface area contributed by atoms with Crippen molar-refractivity contribution < 1.29 is 14.3 Å². The Bertz CT molecular complexity index is 912. The van der Waals surface area contributed by atoms with E-state index in [1.54, 1.807) is 13.2 Å². The van der Waals surface area contributed by atoms with E-state index in [9.17, 15) is 4.79 Å². The molecule has 3 aromatic rings. The minimum absolute atomic E-state index is 0.326. The highest BCUT2D eigenvalue weighted by molar-refractivity contribution is 5.88. The van der Waals surface area contributed by atoms with E-state index in [1.807, 2.05) is 24.3 Å². The first kappa shape index (κ1) is 17.0. The van der Waals surface area contributed by atoms with Gasteiger partial charge in [-0.1, -0.05) is 19.9 Å². The predicted molar refractivity (Wildman–Crippen MR) is 97.3 cm³/mol. The number of fused-ring (bicyclic) bond motifs is 1. The highest BCUT2D eigenvalue weighted by Gasteiger charge is 2.16. The summed E-state index contributed by atoms with van der Waals surface area (Å²) in [5, 5.41) is 1.15. The molecule has 2 heterocycles. The van der Waals surface area contributed by atoms with Crippen molar-refractivity contribution in [1.82, 2.24) is 9.97 Å². The van der Waals surface area contributed by atoms with Crippen LogP contribution in [0.5, 0.6) is 5.75 Å². The Kier molecular flexibility index (Phi) is 4.74. The van der Waals surface area contributed by atoms with Crippen molar-refractivity contribution in [2.45, 2.75) is 26.2 Å². The van der Waals surface area contributed by atoms with Crippen molar-refractivity contribution in [2.75, 3.05) is 14.2 Å². The van der Waals surface area contributed by atoms with Crippen LogP contribution in [0.4, 0.5) is 0 Å². The smallest absolute Gasteiger partial charge is 0.356 e. The number of carbonyl (C=O) groups is 1. The maximum atomic E-state index is 11.7. The summed E-state index contributed by atoms with van der Waals surface area (Å²) in [6.45, 7) is 4.31. The Morgan fingerprint density at radius 3 is 2.68 bits per heavy atom. The predicted octanol–water partition coefficient (Wildman–Crippen LogP) is 4.07. The van der Waals surface area contributed by atoms with Crippen molar-refractivity contribution in [2.24, 2.45) is 0 Å². The second-order valence-corrected chi connectivity index (χ2v) is 6.27. The molecule has 0 aliphatic carbocycles. The number of aromatic amines is 1. The van der Waals surface area contributed by atoms with Gasteiger partial charge in [0.25, 0.3) is 0 Å². The zero-order valence-corrected chi connectivity index (χ0v) is 14.9. The summed E-state index contributed by atoms with van der Waals surface area (Å²) in [5.41, 5.74) is 4.58. The number of rotatable bonds is 5. The van der Waals surface area contributed by atoms with Gasteiger partial charge in [-0.2, -0.15) is 0 Å². The van der Waals surface area contributed by atoms with Crippen LogP contribution in [0.15, 0.2) is 36.4 Å². The molecule has 5 heteroatoms. The second-order valence-electron chi connectivity index (χ2n) is 6.27. The van der Waals surface area contributed by atoms with E-state index in [1.165, 1.54) is 18.4 Å². The average molecular weight is 338 g/mol. The van der Waals surface area contributed by atoms with Crippen LogP contribution in [0.1, 0.15) is 47.2 Å². The first-order valence-corrected chi connectivity index (χ1v) is 8.26. The summed E-state index contributed by atoms with van der Waals surface area (Å²) < 4.78 is 10.1. The summed E-state index contributed by atoms with van der Waals surface area (Å²) in [5.74, 6) is 0.744. The number of benzene rings is 1. The Labute approximate surface area is 147 Å². The van der Waals surface area contributed by atoms with Gasteiger partial charge in [-0.15, -0.1) is 0 Å². The van der Waals surface area contributed by atoms with Gasteiger partial charge >= 0.3 is 5.97 Å². The number of methoxy groups -OCH3 is 2. The van der Waals surface area contributed by atoms with Gasteiger partial charge in [-0.3, -0.25) is 0 Å². The SMILES string of the molecule is COC(=O)c1cccc(Cc2c(C(C)C)[nH]c3cc(OC)ccc23)n1. The molecule has 0 unspecified atom stereocenters. The van der Waals surface area contributed by atoms with Gasteiger partial charge in [0, 0.05) is 34.8 Å². The lowest BCUT2D eigenvalue weighted by Gasteiger charge is -2.08. The molecule has 0 atom stereocenters. The molecule has 5 nitrogen and oxygen atoms in total. The van der Waals surface area contributed by atoms with Crippen LogP contribution in [0, 0.1) is 0 Å². The molecular weight excluding hydrogens is 316 g/mol. The fourth-order valence-corrected chi connectivity index (χ4v) is 3.04. The van der Waals surface area contributed by atoms with Crippen molar-refractivity contribution in [1.29, 1.82) is 0 Å². The molecule has 0 saturated carbocycles. The molecule has 130 valence electrons. The molecule has 3 rings (SSSR count). The molecule has 0 aliphatic rings. The molecule has 1 aromatic carbocycles. The Morgan fingerprint density at radius 2 is 2.00 bits per heavy atom. The molecule has 0 spiro atoms. The van der Waals surface area contributed by atoms with E-state index >= 15 is 0 Å². The van der Waals surface area contributed by atoms with Crippen LogP contribution in [-0.2, 0) is 11.2 Å². The van der Waals surface area contributed by atoms with Crippen LogP contribution < -0.4 is 4.74 Å². The number of aromatic nitrogens is 2. The lowest BCUT2D eigenvalue weighted by molar-refractivity contribution is 0.0593. The van der Waals surface area contributed by atoms with Crippen LogP contribution in [0.3, 0.4) is 0 Å². The van der Waals surface area contributed by atoms with Crippen LogP contribution in [0.25, 0.3) is 10.9 Å². The van der Waals surface area contributed by atoms with Crippen molar-refractivity contribution in [3.63, 3.8) is 0 Å². The molecule has 0 fully saturated rings. The van der Waals surface area contributed by atoms with E-state index in [-0.39, 0.29) is 0 Å². The van der Waals surface area contributed by atoms with Gasteiger partial charge in [0.05, 0.1) is 14.2 Å². The quantitative estimate of drug-likeness (QED) is 0.712. The maximum Gasteiger partial charge on any atom is 0.356 e. The summed E-state index contributed by atoms with van der Waals surface area (Å²) in [6, 6.07) is 11.5. The van der Waals surface area contributed by atoms with Gasteiger partial charge in [0.2, 0.25) is 0 Å². The fourth-order valence-electron chi connectivity index (χ4n) is 3.04. The number of pyridine rings is 1. The Balaban J connectivity index is 2.06. The lowest BCUT2D eigenvalue weighted by atomic mass is 9.99. The topological polar surface area (TPSA) is 64.2 Å². The second kappa shape index (κ2) is 6.97. The van der Waals surface area contributed by atoms with E-state index < -0.39 is 5.97 Å². The van der Waals surface area contributed by atoms with Crippen LogP contribution in [0.2, 0.25) is 0 Å². The van der Waals surface area contributed by atoms with Gasteiger partial charge < -0.3 is 14.5 Å². The fraction of sp³-hybridized carbons (Fsp3) is 0.300. The largest absolute Gasteiger partial charge is 0.497 e. The van der Waals surface area contributed by atoms with Crippen molar-refractivity contribution >= 4 is 16.9 Å².